The van der Waals surface area contributed by atoms with Crippen molar-refractivity contribution in [1.82, 2.24) is 4.90 Å². The lowest BCUT2D eigenvalue weighted by Crippen LogP contribution is -2.51. The molecule has 0 aromatic rings. The molecular weight excluding hydrogens is 639 g/mol. The van der Waals surface area contributed by atoms with Gasteiger partial charge in [-0.15, -0.1) is 0 Å². The quantitative estimate of drug-likeness (QED) is 0.145. The zero-order chi connectivity index (χ0) is 36.7. The van der Waals surface area contributed by atoms with Crippen molar-refractivity contribution in [2.75, 3.05) is 12.3 Å². The smallest absolute Gasteiger partial charge is 0.227 e. The molecule has 4 rings (SSSR count). The number of carbonyl (C=O) groups is 5. The van der Waals surface area contributed by atoms with Gasteiger partial charge in [0.25, 0.3) is 0 Å². The fourth-order valence-electron chi connectivity index (χ4n) is 8.91. The van der Waals surface area contributed by atoms with Crippen LogP contribution in [0, 0.1) is 45.8 Å². The van der Waals surface area contributed by atoms with Gasteiger partial charge in [0.1, 0.15) is 5.78 Å². The molecular formula is C40H65NO7S. The highest BCUT2D eigenvalue weighted by Crippen LogP contribution is 2.65. The first-order valence-corrected chi connectivity index (χ1v) is 20.8. The number of fused-ring (bicyclic) bond motifs is 1. The van der Waals surface area contributed by atoms with E-state index in [-0.39, 0.29) is 71.9 Å². The van der Waals surface area contributed by atoms with Crippen molar-refractivity contribution in [2.45, 2.75) is 163 Å². The van der Waals surface area contributed by atoms with Crippen molar-refractivity contribution < 1.29 is 32.4 Å². The molecule has 5 atom stereocenters. The number of hydrogen-bond donors (Lipinski definition) is 0. The number of likely N-dealkylation sites (tertiary alicyclic amines) is 1. The summed E-state index contributed by atoms with van der Waals surface area (Å²) in [6.07, 6.45) is 8.58. The van der Waals surface area contributed by atoms with Crippen LogP contribution in [0.2, 0.25) is 0 Å². The van der Waals surface area contributed by atoms with Gasteiger partial charge in [0.2, 0.25) is 11.7 Å². The van der Waals surface area contributed by atoms with Gasteiger partial charge in [-0.2, -0.15) is 0 Å². The van der Waals surface area contributed by atoms with Gasteiger partial charge in [-0.3, -0.25) is 24.0 Å². The summed E-state index contributed by atoms with van der Waals surface area (Å²) in [6.45, 7) is 17.7. The number of ketones is 4. The van der Waals surface area contributed by atoms with E-state index >= 15 is 0 Å². The van der Waals surface area contributed by atoms with Crippen LogP contribution >= 0.6 is 0 Å². The van der Waals surface area contributed by atoms with Crippen LogP contribution in [0.5, 0.6) is 0 Å². The van der Waals surface area contributed by atoms with E-state index < -0.39 is 49.1 Å². The third-order valence-corrected chi connectivity index (χ3v) is 15.5. The Labute approximate surface area is 296 Å². The number of nitrogens with zero attached hydrogens (tertiary/aromatic N) is 1. The number of piperidine rings is 1. The Kier molecular flexibility index (Phi) is 11.9. The summed E-state index contributed by atoms with van der Waals surface area (Å²) < 4.78 is 25.8. The molecule has 0 aromatic heterocycles. The average Bonchev–Trinajstić information content (AvgIpc) is 3.83. The summed E-state index contributed by atoms with van der Waals surface area (Å²) in [5.74, 6) is -2.15. The second-order valence-electron chi connectivity index (χ2n) is 19.1. The molecule has 278 valence electrons. The topological polar surface area (TPSA) is 123 Å². The van der Waals surface area contributed by atoms with E-state index in [1.165, 1.54) is 0 Å². The zero-order valence-corrected chi connectivity index (χ0v) is 32.8. The third-order valence-electron chi connectivity index (χ3n) is 12.7. The lowest BCUT2D eigenvalue weighted by Gasteiger charge is -2.40. The maximum atomic E-state index is 14.6. The summed E-state index contributed by atoms with van der Waals surface area (Å²) in [4.78, 5) is 70.7. The number of carbonyl (C=O) groups excluding carboxylic acids is 5. The standard InChI is InChI=1S/C40H65NO7S/c1-10-11-15-27(35(45)32(44)20-26-16-17-26)21-31(43)34-33-30(39(33,8)9)24-41(34)36(46)29(37(2,3)4)22-28(42)23-40(18-13-12-14-19-40)25-49(47,48)38(5,6)7/h26-27,29-30,33-34H,10-25H2,1-9H3/t27-,29-,30?,33?,34-/m1/s1. The minimum absolute atomic E-state index is 0.00304. The molecule has 0 bridgehead atoms. The molecule has 0 aromatic carbocycles. The fraction of sp³-hybridized carbons (Fsp3) is 0.875. The summed E-state index contributed by atoms with van der Waals surface area (Å²) in [6, 6.07) is -0.676. The SMILES string of the molecule is CCCC[C@H](CC(=O)[C@@H]1C2C(CN1C(=O)[C@@H](CC(=O)CC1(CS(=O)(=O)C(C)(C)C)CCCCC1)C(C)(C)C)C2(C)C)C(=O)C(=O)CC1CC1. The summed E-state index contributed by atoms with van der Waals surface area (Å²) in [5, 5.41) is 0. The van der Waals surface area contributed by atoms with Gasteiger partial charge in [-0.05, 0) is 86.9 Å². The van der Waals surface area contributed by atoms with Gasteiger partial charge in [-0.1, -0.05) is 73.6 Å². The second kappa shape index (κ2) is 14.6. The van der Waals surface area contributed by atoms with Crippen molar-refractivity contribution in [1.29, 1.82) is 0 Å². The van der Waals surface area contributed by atoms with Crippen LogP contribution in [0.4, 0.5) is 0 Å². The summed E-state index contributed by atoms with van der Waals surface area (Å²) in [5.41, 5.74) is -1.31. The molecule has 0 spiro atoms. The van der Waals surface area contributed by atoms with Gasteiger partial charge >= 0.3 is 0 Å². The van der Waals surface area contributed by atoms with Gasteiger partial charge in [0.15, 0.2) is 21.4 Å². The first-order chi connectivity index (χ1) is 22.5. The van der Waals surface area contributed by atoms with E-state index in [9.17, 15) is 32.4 Å². The first-order valence-electron chi connectivity index (χ1n) is 19.2. The molecule has 3 aliphatic carbocycles. The lowest BCUT2D eigenvalue weighted by molar-refractivity contribution is -0.148. The number of unbranched alkanes of at least 4 members (excludes halogenated alkanes) is 1. The molecule has 3 saturated carbocycles. The number of hydrogen-bond acceptors (Lipinski definition) is 7. The Morgan fingerprint density at radius 1 is 0.898 bits per heavy atom. The van der Waals surface area contributed by atoms with Crippen molar-refractivity contribution in [2.24, 2.45) is 45.8 Å². The van der Waals surface area contributed by atoms with Crippen LogP contribution < -0.4 is 0 Å². The molecule has 1 heterocycles. The van der Waals surface area contributed by atoms with Gasteiger partial charge in [0, 0.05) is 44.1 Å². The summed E-state index contributed by atoms with van der Waals surface area (Å²) in [7, 11) is -3.46. The molecule has 4 aliphatic rings. The maximum absolute atomic E-state index is 14.6. The first kappa shape index (κ1) is 39.9. The average molecular weight is 704 g/mol. The molecule has 4 fully saturated rings. The van der Waals surface area contributed by atoms with Crippen LogP contribution in [0.15, 0.2) is 0 Å². The van der Waals surface area contributed by atoms with Crippen LogP contribution in [0.3, 0.4) is 0 Å². The van der Waals surface area contributed by atoms with E-state index in [0.29, 0.717) is 31.7 Å². The number of Topliss-reactive ketones (excluding diaryl/α,β-unsaturated/α-hetero) is 4. The second-order valence-corrected chi connectivity index (χ2v) is 21.8. The van der Waals surface area contributed by atoms with Crippen molar-refractivity contribution in [3.63, 3.8) is 0 Å². The molecule has 8 nitrogen and oxygen atoms in total. The number of rotatable bonds is 17. The van der Waals surface area contributed by atoms with Crippen LogP contribution in [-0.2, 0) is 33.8 Å². The van der Waals surface area contributed by atoms with E-state index in [0.717, 1.165) is 44.9 Å². The molecule has 2 unspecified atom stereocenters. The van der Waals surface area contributed by atoms with Crippen LogP contribution in [0.25, 0.3) is 0 Å². The maximum Gasteiger partial charge on any atom is 0.227 e. The Morgan fingerprint density at radius 2 is 1.51 bits per heavy atom. The van der Waals surface area contributed by atoms with Crippen molar-refractivity contribution in [3.8, 4) is 0 Å². The highest BCUT2D eigenvalue weighted by Gasteiger charge is 2.69. The Bertz CT molecular complexity index is 1390. The molecule has 1 aliphatic heterocycles. The summed E-state index contributed by atoms with van der Waals surface area (Å²) >= 11 is 0. The predicted molar refractivity (Wildman–Crippen MR) is 192 cm³/mol. The number of sulfone groups is 1. The molecule has 1 saturated heterocycles. The van der Waals surface area contributed by atoms with Crippen LogP contribution in [-0.4, -0.2) is 65.4 Å². The normalized spacial score (nSPS) is 26.1. The monoisotopic (exact) mass is 703 g/mol. The Balaban J connectivity index is 1.54. The minimum Gasteiger partial charge on any atom is -0.332 e. The molecule has 9 heteroatoms. The van der Waals surface area contributed by atoms with E-state index in [4.69, 9.17) is 0 Å². The Morgan fingerprint density at radius 3 is 2.04 bits per heavy atom. The highest BCUT2D eigenvalue weighted by molar-refractivity contribution is 7.92. The molecule has 49 heavy (non-hydrogen) atoms. The molecule has 0 radical (unpaired) electrons. The van der Waals surface area contributed by atoms with Crippen LogP contribution in [0.1, 0.15) is 152 Å². The zero-order valence-electron chi connectivity index (χ0n) is 32.0. The van der Waals surface area contributed by atoms with Crippen molar-refractivity contribution >= 4 is 38.9 Å². The predicted octanol–water partition coefficient (Wildman–Crippen LogP) is 7.35. The largest absolute Gasteiger partial charge is 0.332 e. The van der Waals surface area contributed by atoms with Gasteiger partial charge in [-0.25, -0.2) is 8.42 Å². The van der Waals surface area contributed by atoms with Gasteiger partial charge in [0.05, 0.1) is 16.5 Å². The van der Waals surface area contributed by atoms with E-state index in [2.05, 4.69) is 13.8 Å². The number of amides is 1. The molecule has 0 N–H and O–H groups in total. The van der Waals surface area contributed by atoms with E-state index in [1.807, 2.05) is 27.7 Å². The lowest BCUT2D eigenvalue weighted by atomic mass is 9.70. The van der Waals surface area contributed by atoms with Crippen molar-refractivity contribution in [3.05, 3.63) is 0 Å². The fourth-order valence-corrected chi connectivity index (χ4v) is 10.5. The third kappa shape index (κ3) is 9.13. The van der Waals surface area contributed by atoms with Gasteiger partial charge < -0.3 is 4.90 Å². The molecule has 1 amide bonds. The van der Waals surface area contributed by atoms with E-state index in [1.54, 1.807) is 25.7 Å². The highest BCUT2D eigenvalue weighted by atomic mass is 32.2. The Hall–Kier alpha value is -1.90. The minimum atomic E-state index is -3.46.